The molecule has 1 unspecified atom stereocenters. The van der Waals surface area contributed by atoms with Crippen molar-refractivity contribution in [3.63, 3.8) is 0 Å². The molecule has 16 heavy (non-hydrogen) atoms. The lowest BCUT2D eigenvalue weighted by atomic mass is 10.1. The third-order valence-electron chi connectivity index (χ3n) is 2.20. The summed E-state index contributed by atoms with van der Waals surface area (Å²) in [7, 11) is 1.61. The van der Waals surface area contributed by atoms with Gasteiger partial charge in [0, 0.05) is 20.2 Å². The molecule has 0 aromatic heterocycles. The van der Waals surface area contributed by atoms with Gasteiger partial charge >= 0.3 is 0 Å². The third kappa shape index (κ3) is 3.69. The van der Waals surface area contributed by atoms with E-state index in [4.69, 9.17) is 9.84 Å². The van der Waals surface area contributed by atoms with Crippen LogP contribution in [0.15, 0.2) is 18.2 Å². The number of aliphatic hydroxyl groups excluding tert-OH is 1. The normalized spacial score (nSPS) is 12.6. The lowest BCUT2D eigenvalue weighted by Crippen LogP contribution is -2.24. The molecule has 0 heterocycles. The molecule has 0 amide bonds. The van der Waals surface area contributed by atoms with Crippen molar-refractivity contribution in [2.45, 2.75) is 6.10 Å². The Kier molecular flexibility index (Phi) is 5.04. The van der Waals surface area contributed by atoms with Crippen LogP contribution in [0.5, 0.6) is 11.5 Å². The van der Waals surface area contributed by atoms with Crippen LogP contribution in [-0.4, -0.2) is 42.1 Å². The van der Waals surface area contributed by atoms with Gasteiger partial charge in [0.1, 0.15) is 0 Å². The summed E-state index contributed by atoms with van der Waals surface area (Å²) in [5, 5.41) is 31.1. The van der Waals surface area contributed by atoms with Gasteiger partial charge < -0.3 is 25.4 Å². The smallest absolute Gasteiger partial charge is 0.157 e. The van der Waals surface area contributed by atoms with E-state index in [1.807, 2.05) is 0 Å². The van der Waals surface area contributed by atoms with Crippen molar-refractivity contribution in [2.24, 2.45) is 0 Å². The Morgan fingerprint density at radius 3 is 2.69 bits per heavy atom. The van der Waals surface area contributed by atoms with Gasteiger partial charge in [0.05, 0.1) is 12.7 Å². The Morgan fingerprint density at radius 2 is 2.06 bits per heavy atom. The summed E-state index contributed by atoms with van der Waals surface area (Å²) < 4.78 is 4.85. The molecule has 5 heteroatoms. The van der Waals surface area contributed by atoms with Gasteiger partial charge in [0.2, 0.25) is 0 Å². The van der Waals surface area contributed by atoms with E-state index in [9.17, 15) is 10.2 Å². The summed E-state index contributed by atoms with van der Waals surface area (Å²) in [6.45, 7) is 1.60. The molecule has 5 nitrogen and oxygen atoms in total. The topological polar surface area (TPSA) is 82.0 Å². The maximum Gasteiger partial charge on any atom is 0.157 e. The standard InChI is InChI=1S/C11H17NO4/c1-16-5-4-12-7-11(15)8-2-3-9(13)10(14)6-8/h2-3,6,11-15H,4-5,7H2,1H3. The SMILES string of the molecule is COCCNCC(O)c1ccc(O)c(O)c1. The number of aliphatic hydroxyl groups is 1. The van der Waals surface area contributed by atoms with Crippen molar-refractivity contribution >= 4 is 0 Å². The second-order valence-electron chi connectivity index (χ2n) is 3.46. The summed E-state index contributed by atoms with van der Waals surface area (Å²) >= 11 is 0. The lowest BCUT2D eigenvalue weighted by molar-refractivity contribution is 0.161. The molecule has 0 saturated heterocycles. The Hall–Kier alpha value is -1.30. The van der Waals surface area contributed by atoms with Crippen molar-refractivity contribution in [3.8, 4) is 11.5 Å². The quantitative estimate of drug-likeness (QED) is 0.417. The van der Waals surface area contributed by atoms with Gasteiger partial charge in [-0.3, -0.25) is 0 Å². The Balaban J connectivity index is 2.46. The van der Waals surface area contributed by atoms with E-state index in [1.54, 1.807) is 13.2 Å². The van der Waals surface area contributed by atoms with Crippen LogP contribution in [-0.2, 0) is 4.74 Å². The molecule has 0 radical (unpaired) electrons. The number of phenolic OH excluding ortho intramolecular Hbond substituents is 2. The number of methoxy groups -OCH3 is 1. The molecule has 0 fully saturated rings. The summed E-state index contributed by atoms with van der Waals surface area (Å²) in [5.74, 6) is -0.420. The Labute approximate surface area is 94.3 Å². The fraction of sp³-hybridized carbons (Fsp3) is 0.455. The summed E-state index contributed by atoms with van der Waals surface area (Å²) in [6, 6.07) is 4.26. The highest BCUT2D eigenvalue weighted by Crippen LogP contribution is 2.27. The van der Waals surface area contributed by atoms with Crippen molar-refractivity contribution < 1.29 is 20.1 Å². The number of phenols is 2. The van der Waals surface area contributed by atoms with Crippen LogP contribution in [0.4, 0.5) is 0 Å². The van der Waals surface area contributed by atoms with Crippen LogP contribution < -0.4 is 5.32 Å². The van der Waals surface area contributed by atoms with Gasteiger partial charge in [-0.2, -0.15) is 0 Å². The zero-order valence-electron chi connectivity index (χ0n) is 9.18. The van der Waals surface area contributed by atoms with Gasteiger partial charge in [-0.05, 0) is 17.7 Å². The maximum atomic E-state index is 9.74. The first-order chi connectivity index (χ1) is 7.65. The van der Waals surface area contributed by atoms with Gasteiger partial charge in [0.25, 0.3) is 0 Å². The van der Waals surface area contributed by atoms with E-state index in [0.717, 1.165) is 0 Å². The van der Waals surface area contributed by atoms with Gasteiger partial charge in [-0.25, -0.2) is 0 Å². The minimum atomic E-state index is -0.719. The van der Waals surface area contributed by atoms with Crippen LogP contribution >= 0.6 is 0 Å². The van der Waals surface area contributed by atoms with Gasteiger partial charge in [-0.1, -0.05) is 6.07 Å². The maximum absolute atomic E-state index is 9.74. The molecule has 90 valence electrons. The van der Waals surface area contributed by atoms with Gasteiger partial charge in [0.15, 0.2) is 11.5 Å². The minimum Gasteiger partial charge on any atom is -0.504 e. The molecule has 0 aliphatic rings. The lowest BCUT2D eigenvalue weighted by Gasteiger charge is -2.12. The average Bonchev–Trinajstić information content (AvgIpc) is 2.28. The number of benzene rings is 1. The highest BCUT2D eigenvalue weighted by Gasteiger charge is 2.09. The highest BCUT2D eigenvalue weighted by atomic mass is 16.5. The summed E-state index contributed by atoms with van der Waals surface area (Å²) in [4.78, 5) is 0. The molecule has 1 atom stereocenters. The second kappa shape index (κ2) is 6.32. The van der Waals surface area contributed by atoms with Crippen molar-refractivity contribution in [1.29, 1.82) is 0 Å². The molecule has 1 rings (SSSR count). The number of aromatic hydroxyl groups is 2. The first kappa shape index (κ1) is 12.8. The molecule has 0 spiro atoms. The van der Waals surface area contributed by atoms with Gasteiger partial charge in [-0.15, -0.1) is 0 Å². The molecular weight excluding hydrogens is 210 g/mol. The molecule has 1 aromatic rings. The number of hydrogen-bond acceptors (Lipinski definition) is 5. The molecule has 4 N–H and O–H groups in total. The number of ether oxygens (including phenoxy) is 1. The Bertz CT molecular complexity index is 330. The zero-order chi connectivity index (χ0) is 12.0. The largest absolute Gasteiger partial charge is 0.504 e. The fourth-order valence-corrected chi connectivity index (χ4v) is 1.28. The molecule has 0 aliphatic heterocycles. The van der Waals surface area contributed by atoms with Crippen molar-refractivity contribution in [3.05, 3.63) is 23.8 Å². The molecular formula is C11H17NO4. The van der Waals surface area contributed by atoms with Crippen LogP contribution in [0.3, 0.4) is 0 Å². The predicted octanol–water partition coefficient (Wildman–Crippen LogP) is 0.367. The first-order valence-corrected chi connectivity index (χ1v) is 5.04. The van der Waals surface area contributed by atoms with E-state index < -0.39 is 6.10 Å². The zero-order valence-corrected chi connectivity index (χ0v) is 9.18. The highest BCUT2D eigenvalue weighted by molar-refractivity contribution is 5.41. The summed E-state index contributed by atoms with van der Waals surface area (Å²) in [6.07, 6.45) is -0.719. The molecule has 0 saturated carbocycles. The van der Waals surface area contributed by atoms with Crippen molar-refractivity contribution in [1.82, 2.24) is 5.32 Å². The van der Waals surface area contributed by atoms with Crippen LogP contribution in [0.25, 0.3) is 0 Å². The predicted molar refractivity (Wildman–Crippen MR) is 59.5 cm³/mol. The minimum absolute atomic E-state index is 0.191. The third-order valence-corrected chi connectivity index (χ3v) is 2.20. The van der Waals surface area contributed by atoms with E-state index in [0.29, 0.717) is 25.3 Å². The summed E-state index contributed by atoms with van der Waals surface area (Å²) in [5.41, 5.74) is 0.556. The molecule has 0 bridgehead atoms. The van der Waals surface area contributed by atoms with E-state index in [2.05, 4.69) is 5.32 Å². The second-order valence-corrected chi connectivity index (χ2v) is 3.46. The van der Waals surface area contributed by atoms with Crippen LogP contribution in [0.1, 0.15) is 11.7 Å². The first-order valence-electron chi connectivity index (χ1n) is 5.04. The monoisotopic (exact) mass is 227 g/mol. The van der Waals surface area contributed by atoms with E-state index in [-0.39, 0.29) is 11.5 Å². The van der Waals surface area contributed by atoms with Crippen molar-refractivity contribution in [2.75, 3.05) is 26.8 Å². The number of rotatable bonds is 6. The molecule has 0 aliphatic carbocycles. The Morgan fingerprint density at radius 1 is 1.31 bits per heavy atom. The fourth-order valence-electron chi connectivity index (χ4n) is 1.28. The average molecular weight is 227 g/mol. The molecule has 1 aromatic carbocycles. The van der Waals surface area contributed by atoms with Crippen LogP contribution in [0, 0.1) is 0 Å². The number of nitrogens with one attached hydrogen (secondary N) is 1. The van der Waals surface area contributed by atoms with E-state index >= 15 is 0 Å². The van der Waals surface area contributed by atoms with Crippen LogP contribution in [0.2, 0.25) is 0 Å². The van der Waals surface area contributed by atoms with E-state index in [1.165, 1.54) is 12.1 Å². The number of hydrogen-bond donors (Lipinski definition) is 4.